The average molecular weight is 364 g/mol. The molecule has 1 fully saturated rings. The van der Waals surface area contributed by atoms with E-state index in [2.05, 4.69) is 58.3 Å². The molecule has 1 aliphatic rings. The third-order valence-electron chi connectivity index (χ3n) is 5.25. The molecule has 0 spiro atoms. The maximum Gasteiger partial charge on any atom is 0.181 e. The van der Waals surface area contributed by atoms with Crippen LogP contribution < -0.4 is 10.2 Å². The quantitative estimate of drug-likeness (QED) is 0.724. The van der Waals surface area contributed by atoms with Crippen molar-refractivity contribution in [2.45, 2.75) is 45.7 Å². The molecule has 1 aliphatic heterocycles. The van der Waals surface area contributed by atoms with E-state index in [0.717, 1.165) is 47.7 Å². The summed E-state index contributed by atoms with van der Waals surface area (Å²) in [5.41, 5.74) is 2.57. The molecule has 0 bridgehead atoms. The molecule has 0 aromatic carbocycles. The van der Waals surface area contributed by atoms with Crippen LogP contribution in [0.25, 0.3) is 22.4 Å². The van der Waals surface area contributed by atoms with Crippen LogP contribution >= 0.6 is 0 Å². The van der Waals surface area contributed by atoms with Gasteiger partial charge in [-0.25, -0.2) is 9.97 Å². The van der Waals surface area contributed by atoms with Gasteiger partial charge in [-0.3, -0.25) is 5.10 Å². The number of nitrogens with one attached hydrogen (secondary N) is 2. The van der Waals surface area contributed by atoms with Gasteiger partial charge in [0.05, 0.1) is 11.4 Å². The van der Waals surface area contributed by atoms with Gasteiger partial charge in [-0.1, -0.05) is 26.8 Å². The van der Waals surface area contributed by atoms with E-state index in [9.17, 15) is 0 Å². The van der Waals surface area contributed by atoms with Crippen molar-refractivity contribution in [1.82, 2.24) is 25.5 Å². The monoisotopic (exact) mass is 364 g/mol. The van der Waals surface area contributed by atoms with Crippen LogP contribution in [-0.2, 0) is 0 Å². The summed E-state index contributed by atoms with van der Waals surface area (Å²) < 4.78 is 0. The molecule has 2 atom stereocenters. The van der Waals surface area contributed by atoms with Gasteiger partial charge in [-0.15, -0.1) is 0 Å². The van der Waals surface area contributed by atoms with E-state index >= 15 is 0 Å². The molecular formula is C21H28N6. The first-order valence-electron chi connectivity index (χ1n) is 9.91. The van der Waals surface area contributed by atoms with Crippen molar-refractivity contribution in [2.24, 2.45) is 5.92 Å². The van der Waals surface area contributed by atoms with E-state index in [-0.39, 0.29) is 0 Å². The van der Waals surface area contributed by atoms with Crippen LogP contribution in [0.15, 0.2) is 36.5 Å². The Balaban J connectivity index is 1.63. The number of aromatic amines is 1. The Morgan fingerprint density at radius 3 is 2.81 bits per heavy atom. The van der Waals surface area contributed by atoms with Crippen molar-refractivity contribution in [3.8, 4) is 11.4 Å². The minimum absolute atomic E-state index is 0.505. The summed E-state index contributed by atoms with van der Waals surface area (Å²) in [4.78, 5) is 11.7. The van der Waals surface area contributed by atoms with Gasteiger partial charge in [0.25, 0.3) is 0 Å². The first kappa shape index (κ1) is 17.9. The van der Waals surface area contributed by atoms with Crippen molar-refractivity contribution < 1.29 is 0 Å². The number of hydrogen-bond acceptors (Lipinski definition) is 5. The summed E-state index contributed by atoms with van der Waals surface area (Å²) in [5.74, 6) is 1.72. The van der Waals surface area contributed by atoms with Gasteiger partial charge < -0.3 is 10.2 Å². The predicted octanol–water partition coefficient (Wildman–Crippen LogP) is 3.62. The van der Waals surface area contributed by atoms with Crippen molar-refractivity contribution in [1.29, 1.82) is 0 Å². The van der Waals surface area contributed by atoms with Gasteiger partial charge in [0.15, 0.2) is 5.65 Å². The van der Waals surface area contributed by atoms with Crippen LogP contribution in [0.1, 0.15) is 33.6 Å². The van der Waals surface area contributed by atoms with Gasteiger partial charge in [-0.05, 0) is 43.0 Å². The molecular weight excluding hydrogens is 336 g/mol. The third kappa shape index (κ3) is 3.81. The number of hydrogen-bond donors (Lipinski definition) is 2. The highest BCUT2D eigenvalue weighted by atomic mass is 15.3. The number of nitrogens with zero attached hydrogens (tertiary/aromatic N) is 4. The molecule has 3 aromatic heterocycles. The Hall–Kier alpha value is -2.47. The summed E-state index contributed by atoms with van der Waals surface area (Å²) in [7, 11) is 0. The molecule has 1 saturated heterocycles. The van der Waals surface area contributed by atoms with Gasteiger partial charge in [0, 0.05) is 36.8 Å². The number of piperazine rings is 1. The van der Waals surface area contributed by atoms with Gasteiger partial charge >= 0.3 is 0 Å². The molecule has 0 aliphatic carbocycles. The molecule has 0 saturated carbocycles. The lowest BCUT2D eigenvalue weighted by Crippen LogP contribution is -2.57. The molecule has 0 unspecified atom stereocenters. The molecule has 6 nitrogen and oxygen atoms in total. The number of rotatable bonds is 5. The fourth-order valence-electron chi connectivity index (χ4n) is 3.98. The lowest BCUT2D eigenvalue weighted by molar-refractivity contribution is 0.323. The second-order valence-corrected chi connectivity index (χ2v) is 7.86. The topological polar surface area (TPSA) is 69.7 Å². The predicted molar refractivity (Wildman–Crippen MR) is 110 cm³/mol. The van der Waals surface area contributed by atoms with Crippen molar-refractivity contribution in [2.75, 3.05) is 18.0 Å². The Kier molecular flexibility index (Phi) is 5.07. The van der Waals surface area contributed by atoms with Crippen molar-refractivity contribution >= 4 is 16.9 Å². The van der Waals surface area contributed by atoms with E-state index in [1.165, 1.54) is 6.42 Å². The van der Waals surface area contributed by atoms with Gasteiger partial charge in [-0.2, -0.15) is 5.10 Å². The number of fused-ring (bicyclic) bond motifs is 1. The molecule has 0 radical (unpaired) electrons. The lowest BCUT2D eigenvalue weighted by atomic mass is 9.99. The van der Waals surface area contributed by atoms with Crippen LogP contribution in [0.2, 0.25) is 0 Å². The van der Waals surface area contributed by atoms with Crippen LogP contribution in [0, 0.1) is 5.92 Å². The first-order chi connectivity index (χ1) is 13.1. The Morgan fingerprint density at radius 2 is 2.00 bits per heavy atom. The van der Waals surface area contributed by atoms with E-state index in [4.69, 9.17) is 4.98 Å². The number of aromatic nitrogens is 4. The summed E-state index contributed by atoms with van der Waals surface area (Å²) in [6.45, 7) is 8.82. The first-order valence-corrected chi connectivity index (χ1v) is 9.91. The van der Waals surface area contributed by atoms with E-state index < -0.39 is 0 Å². The highest BCUT2D eigenvalue weighted by Gasteiger charge is 2.27. The van der Waals surface area contributed by atoms with Crippen LogP contribution in [0.5, 0.6) is 0 Å². The number of anilines is 1. The summed E-state index contributed by atoms with van der Waals surface area (Å²) >= 11 is 0. The van der Waals surface area contributed by atoms with Crippen molar-refractivity contribution in [3.05, 3.63) is 36.5 Å². The maximum atomic E-state index is 4.97. The highest BCUT2D eigenvalue weighted by molar-refractivity contribution is 5.89. The summed E-state index contributed by atoms with van der Waals surface area (Å²) in [6.07, 6.45) is 4.07. The average Bonchev–Trinajstić information content (AvgIpc) is 3.11. The number of pyridine rings is 2. The van der Waals surface area contributed by atoms with E-state index in [0.29, 0.717) is 18.0 Å². The zero-order valence-corrected chi connectivity index (χ0v) is 16.3. The van der Waals surface area contributed by atoms with Crippen molar-refractivity contribution in [3.63, 3.8) is 0 Å². The zero-order chi connectivity index (χ0) is 18.8. The van der Waals surface area contributed by atoms with Gasteiger partial charge in [0.1, 0.15) is 5.82 Å². The second kappa shape index (κ2) is 7.64. The minimum Gasteiger partial charge on any atom is -0.353 e. The smallest absolute Gasteiger partial charge is 0.181 e. The minimum atomic E-state index is 0.505. The largest absolute Gasteiger partial charge is 0.353 e. The molecule has 2 N–H and O–H groups in total. The Labute approximate surface area is 160 Å². The molecule has 6 heteroatoms. The molecule has 27 heavy (non-hydrogen) atoms. The van der Waals surface area contributed by atoms with Crippen LogP contribution in [-0.4, -0.2) is 45.3 Å². The molecule has 4 rings (SSSR count). The van der Waals surface area contributed by atoms with Crippen LogP contribution in [0.3, 0.4) is 0 Å². The molecule has 4 heterocycles. The van der Waals surface area contributed by atoms with Gasteiger partial charge in [0.2, 0.25) is 0 Å². The fourth-order valence-corrected chi connectivity index (χ4v) is 3.98. The second-order valence-electron chi connectivity index (χ2n) is 7.86. The SMILES string of the molecule is CC[C@@H]1CN(c2cccc(-c3[nH]nc4ncccc34)n2)C[C@H](CC(C)C)N1. The Morgan fingerprint density at radius 1 is 1.15 bits per heavy atom. The summed E-state index contributed by atoms with van der Waals surface area (Å²) in [5, 5.41) is 12.2. The van der Waals surface area contributed by atoms with E-state index in [1.54, 1.807) is 6.20 Å². The molecule has 0 amide bonds. The lowest BCUT2D eigenvalue weighted by Gasteiger charge is -2.40. The summed E-state index contributed by atoms with van der Waals surface area (Å²) in [6, 6.07) is 11.2. The number of H-pyrrole nitrogens is 1. The zero-order valence-electron chi connectivity index (χ0n) is 16.3. The third-order valence-corrected chi connectivity index (χ3v) is 5.25. The van der Waals surface area contributed by atoms with Crippen LogP contribution in [0.4, 0.5) is 5.82 Å². The highest BCUT2D eigenvalue weighted by Crippen LogP contribution is 2.26. The normalized spacial score (nSPS) is 20.5. The molecule has 142 valence electrons. The Bertz CT molecular complexity index is 902. The van der Waals surface area contributed by atoms with E-state index in [1.807, 2.05) is 18.2 Å². The maximum absolute atomic E-state index is 4.97. The standard InChI is InChI=1S/C21H28N6/c1-4-15-12-27(13-16(23-15)11-14(2)3)19-9-5-8-18(24-19)20-17-7-6-10-22-21(17)26-25-20/h5-10,14-16,23H,4,11-13H2,1-3H3,(H,22,25,26)/t15-,16+/m1/s1. The molecule has 3 aromatic rings. The fraction of sp³-hybridized carbons (Fsp3) is 0.476.